The van der Waals surface area contributed by atoms with Gasteiger partial charge < -0.3 is 9.30 Å². The molecule has 0 saturated heterocycles. The Hall–Kier alpha value is -2.83. The molecule has 0 aliphatic rings. The highest BCUT2D eigenvalue weighted by Crippen LogP contribution is 2.21. The molecule has 1 amide bonds. The van der Waals surface area contributed by atoms with Crippen molar-refractivity contribution in [1.82, 2.24) is 4.57 Å². The number of fused-ring (bicyclic) bond motifs is 2. The quantitative estimate of drug-likeness (QED) is 0.527. The van der Waals surface area contributed by atoms with Crippen LogP contribution >= 0.6 is 11.3 Å². The van der Waals surface area contributed by atoms with Gasteiger partial charge in [-0.3, -0.25) is 4.79 Å². The van der Waals surface area contributed by atoms with E-state index in [4.69, 9.17) is 4.74 Å². The summed E-state index contributed by atoms with van der Waals surface area (Å²) in [5, 5.41) is 2.04. The molecule has 0 aliphatic carbocycles. The van der Waals surface area contributed by atoms with Crippen molar-refractivity contribution in [1.29, 1.82) is 0 Å². The van der Waals surface area contributed by atoms with Crippen LogP contribution in [0.4, 0.5) is 4.39 Å². The molecule has 4 aromatic rings. The van der Waals surface area contributed by atoms with Gasteiger partial charge in [-0.25, -0.2) is 4.39 Å². The number of benzene rings is 3. The predicted molar refractivity (Wildman–Crippen MR) is 105 cm³/mol. The van der Waals surface area contributed by atoms with E-state index in [1.165, 1.54) is 17.4 Å². The smallest absolute Gasteiger partial charge is 0.279 e. The Kier molecular flexibility index (Phi) is 4.83. The number of aromatic nitrogens is 1. The van der Waals surface area contributed by atoms with E-state index in [9.17, 15) is 9.18 Å². The third-order valence-electron chi connectivity index (χ3n) is 4.36. The van der Waals surface area contributed by atoms with Gasteiger partial charge in [0.05, 0.1) is 16.8 Å². The number of carbonyl (C=O) groups excluding carboxylic acids is 1. The number of halogens is 1. The predicted octanol–water partition coefficient (Wildman–Crippen LogP) is 4.38. The summed E-state index contributed by atoms with van der Waals surface area (Å²) in [6, 6.07) is 18.2. The van der Waals surface area contributed by atoms with E-state index in [1.54, 1.807) is 23.8 Å². The normalized spacial score (nSPS) is 12.1. The summed E-state index contributed by atoms with van der Waals surface area (Å²) in [5.74, 6) is -0.682. The Morgan fingerprint density at radius 2 is 1.93 bits per heavy atom. The molecule has 0 radical (unpaired) electrons. The van der Waals surface area contributed by atoms with E-state index < -0.39 is 0 Å². The zero-order valence-electron chi connectivity index (χ0n) is 14.7. The Morgan fingerprint density at radius 1 is 1.11 bits per heavy atom. The first-order chi connectivity index (χ1) is 13.2. The van der Waals surface area contributed by atoms with Gasteiger partial charge in [-0.05, 0) is 35.0 Å². The van der Waals surface area contributed by atoms with Crippen molar-refractivity contribution in [3.05, 3.63) is 76.8 Å². The molecule has 0 fully saturated rings. The third kappa shape index (κ3) is 3.41. The lowest BCUT2D eigenvalue weighted by atomic mass is 10.1. The number of methoxy groups -OCH3 is 1. The molecule has 0 aliphatic heterocycles. The van der Waals surface area contributed by atoms with Gasteiger partial charge >= 0.3 is 0 Å². The second kappa shape index (κ2) is 7.42. The molecule has 0 saturated carbocycles. The van der Waals surface area contributed by atoms with Gasteiger partial charge in [0.25, 0.3) is 5.91 Å². The molecule has 3 aromatic carbocycles. The van der Waals surface area contributed by atoms with Crippen molar-refractivity contribution >= 4 is 38.2 Å². The van der Waals surface area contributed by atoms with Gasteiger partial charge in [0.1, 0.15) is 5.82 Å². The zero-order valence-corrected chi connectivity index (χ0v) is 15.5. The first-order valence-corrected chi connectivity index (χ1v) is 9.33. The molecular weight excluding hydrogens is 363 g/mol. The minimum Gasteiger partial charge on any atom is -0.383 e. The number of para-hydroxylation sites is 1. The van der Waals surface area contributed by atoms with Crippen molar-refractivity contribution in [3.63, 3.8) is 0 Å². The van der Waals surface area contributed by atoms with Gasteiger partial charge in [0.2, 0.25) is 0 Å². The SMILES string of the molecule is COCCn1c(=NC(=O)c2ccc3ccccc3c2)sc2cccc(F)c21. The highest BCUT2D eigenvalue weighted by Gasteiger charge is 2.12. The van der Waals surface area contributed by atoms with Crippen LogP contribution in [0.2, 0.25) is 0 Å². The van der Waals surface area contributed by atoms with Gasteiger partial charge in [-0.2, -0.15) is 4.99 Å². The van der Waals surface area contributed by atoms with E-state index in [2.05, 4.69) is 4.99 Å². The summed E-state index contributed by atoms with van der Waals surface area (Å²) in [6.07, 6.45) is 0. The highest BCUT2D eigenvalue weighted by atomic mass is 32.1. The molecule has 0 atom stereocenters. The van der Waals surface area contributed by atoms with E-state index in [0.717, 1.165) is 15.5 Å². The fourth-order valence-corrected chi connectivity index (χ4v) is 4.10. The Morgan fingerprint density at radius 3 is 2.74 bits per heavy atom. The largest absolute Gasteiger partial charge is 0.383 e. The number of hydrogen-bond donors (Lipinski definition) is 0. The number of carbonyl (C=O) groups is 1. The van der Waals surface area contributed by atoms with E-state index in [-0.39, 0.29) is 11.7 Å². The van der Waals surface area contributed by atoms with Gasteiger partial charge in [-0.15, -0.1) is 0 Å². The first-order valence-electron chi connectivity index (χ1n) is 8.52. The second-order valence-corrected chi connectivity index (χ2v) is 7.10. The number of hydrogen-bond acceptors (Lipinski definition) is 3. The molecular formula is C21H17FN2O2S. The summed E-state index contributed by atoms with van der Waals surface area (Å²) in [6.45, 7) is 0.818. The Labute approximate surface area is 159 Å². The summed E-state index contributed by atoms with van der Waals surface area (Å²) < 4.78 is 21.9. The fraction of sp³-hybridized carbons (Fsp3) is 0.143. The molecule has 136 valence electrons. The average Bonchev–Trinajstić information content (AvgIpc) is 3.04. The van der Waals surface area contributed by atoms with E-state index in [1.807, 2.05) is 42.5 Å². The molecule has 27 heavy (non-hydrogen) atoms. The van der Waals surface area contributed by atoms with Gasteiger partial charge in [-0.1, -0.05) is 47.7 Å². The number of thiazole rings is 1. The number of nitrogens with zero attached hydrogens (tertiary/aromatic N) is 2. The third-order valence-corrected chi connectivity index (χ3v) is 5.41. The lowest BCUT2D eigenvalue weighted by Crippen LogP contribution is -2.19. The maximum absolute atomic E-state index is 14.3. The van der Waals surface area contributed by atoms with Crippen LogP contribution in [0.3, 0.4) is 0 Å². The Bertz CT molecular complexity index is 1210. The highest BCUT2D eigenvalue weighted by molar-refractivity contribution is 7.16. The number of rotatable bonds is 4. The van der Waals surface area contributed by atoms with Crippen molar-refractivity contribution < 1.29 is 13.9 Å². The molecule has 0 N–H and O–H groups in total. The van der Waals surface area contributed by atoms with Crippen LogP contribution in [-0.4, -0.2) is 24.2 Å². The molecule has 1 aromatic heterocycles. The van der Waals surface area contributed by atoms with Crippen LogP contribution in [0.5, 0.6) is 0 Å². The maximum Gasteiger partial charge on any atom is 0.279 e. The van der Waals surface area contributed by atoms with Crippen LogP contribution < -0.4 is 4.80 Å². The minimum atomic E-state index is -0.348. The minimum absolute atomic E-state index is 0.334. The second-order valence-electron chi connectivity index (χ2n) is 6.09. The number of amides is 1. The van der Waals surface area contributed by atoms with Crippen molar-refractivity contribution in [2.24, 2.45) is 4.99 Å². The molecule has 0 bridgehead atoms. The van der Waals surface area contributed by atoms with Crippen molar-refractivity contribution in [2.75, 3.05) is 13.7 Å². The number of ether oxygens (including phenoxy) is 1. The summed E-state index contributed by atoms with van der Waals surface area (Å²) >= 11 is 1.30. The van der Waals surface area contributed by atoms with Crippen LogP contribution in [0, 0.1) is 5.82 Å². The summed E-state index contributed by atoms with van der Waals surface area (Å²) in [5.41, 5.74) is 0.953. The lowest BCUT2D eigenvalue weighted by molar-refractivity contribution is 0.0997. The van der Waals surface area contributed by atoms with Gasteiger partial charge in [0.15, 0.2) is 4.80 Å². The molecule has 0 spiro atoms. The maximum atomic E-state index is 14.3. The molecule has 6 heteroatoms. The monoisotopic (exact) mass is 380 g/mol. The van der Waals surface area contributed by atoms with Gasteiger partial charge in [0, 0.05) is 19.2 Å². The average molecular weight is 380 g/mol. The zero-order chi connectivity index (χ0) is 18.8. The van der Waals surface area contributed by atoms with Crippen molar-refractivity contribution in [2.45, 2.75) is 6.54 Å². The fourth-order valence-electron chi connectivity index (χ4n) is 3.04. The molecule has 1 heterocycles. The summed E-state index contributed by atoms with van der Waals surface area (Å²) in [4.78, 5) is 17.5. The topological polar surface area (TPSA) is 43.6 Å². The van der Waals surface area contributed by atoms with Crippen LogP contribution in [0.1, 0.15) is 10.4 Å². The van der Waals surface area contributed by atoms with E-state index >= 15 is 0 Å². The first kappa shape index (κ1) is 17.6. The standard InChI is InChI=1S/C21H17FN2O2S/c1-26-12-11-24-19-17(22)7-4-8-18(19)27-21(24)23-20(25)16-10-9-14-5-2-3-6-15(14)13-16/h2-10,13H,11-12H2,1H3. The van der Waals surface area contributed by atoms with E-state index in [0.29, 0.717) is 29.0 Å². The van der Waals surface area contributed by atoms with Crippen LogP contribution in [-0.2, 0) is 11.3 Å². The molecule has 4 nitrogen and oxygen atoms in total. The Balaban J connectivity index is 1.83. The molecule has 4 rings (SSSR count). The van der Waals surface area contributed by atoms with Crippen LogP contribution in [0.15, 0.2) is 65.7 Å². The molecule has 0 unspecified atom stereocenters. The van der Waals surface area contributed by atoms with Crippen molar-refractivity contribution in [3.8, 4) is 0 Å². The lowest BCUT2D eigenvalue weighted by Gasteiger charge is -2.05. The summed E-state index contributed by atoms with van der Waals surface area (Å²) in [7, 11) is 1.59. The van der Waals surface area contributed by atoms with Crippen LogP contribution in [0.25, 0.3) is 21.0 Å².